The molecule has 1 aromatic rings. The lowest BCUT2D eigenvalue weighted by atomic mass is 10.1. The van der Waals surface area contributed by atoms with Gasteiger partial charge in [0, 0.05) is 24.7 Å². The third kappa shape index (κ3) is 6.25. The minimum Gasteiger partial charge on any atom is -0.359 e. The quantitative estimate of drug-likeness (QED) is 0.290. The fourth-order valence-electron chi connectivity index (χ4n) is 3.15. The first-order chi connectivity index (χ1) is 17.3. The van der Waals surface area contributed by atoms with E-state index in [4.69, 9.17) is 10.2 Å². The standard InChI is InChI=1S/C22H19F3N6O6/c1-11-18(19(34)28-12(2)26)29-14(9-27-11)10-30(21(36)22(23,24)25)15-5-3-13(4-6-15)20(35)37-31-16(32)7-8-17(31)33/h3-6,9,27H,1,7-8,10H2,2H3,(H2,26,28,34). The molecule has 1 fully saturated rings. The molecule has 15 heteroatoms. The number of anilines is 1. The van der Waals surface area contributed by atoms with Crippen molar-refractivity contribution in [2.24, 2.45) is 4.99 Å². The minimum atomic E-state index is -5.28. The van der Waals surface area contributed by atoms with Crippen LogP contribution in [-0.4, -0.2) is 58.9 Å². The van der Waals surface area contributed by atoms with Crippen LogP contribution in [0.5, 0.6) is 0 Å². The van der Waals surface area contributed by atoms with Crippen LogP contribution in [0, 0.1) is 5.41 Å². The molecule has 0 unspecified atom stereocenters. The number of carbonyl (C=O) groups is 5. The molecule has 0 aliphatic carbocycles. The van der Waals surface area contributed by atoms with Crippen LogP contribution in [-0.2, 0) is 24.0 Å². The molecule has 0 saturated carbocycles. The monoisotopic (exact) mass is 520 g/mol. The van der Waals surface area contributed by atoms with Crippen LogP contribution >= 0.6 is 0 Å². The van der Waals surface area contributed by atoms with Crippen molar-refractivity contribution in [3.63, 3.8) is 0 Å². The van der Waals surface area contributed by atoms with Gasteiger partial charge in [-0.2, -0.15) is 13.2 Å². The van der Waals surface area contributed by atoms with E-state index in [0.717, 1.165) is 30.5 Å². The van der Waals surface area contributed by atoms with Gasteiger partial charge in [-0.05, 0) is 31.2 Å². The fourth-order valence-corrected chi connectivity index (χ4v) is 3.15. The molecule has 2 heterocycles. The van der Waals surface area contributed by atoms with E-state index in [-0.39, 0.29) is 47.0 Å². The molecular weight excluding hydrogens is 501 g/mol. The second kappa shape index (κ2) is 10.4. The zero-order chi connectivity index (χ0) is 27.5. The first-order valence-electron chi connectivity index (χ1n) is 10.4. The van der Waals surface area contributed by atoms with E-state index < -0.39 is 42.3 Å². The average molecular weight is 520 g/mol. The van der Waals surface area contributed by atoms with Gasteiger partial charge in [-0.15, -0.1) is 5.06 Å². The van der Waals surface area contributed by atoms with Crippen LogP contribution in [0.4, 0.5) is 18.9 Å². The molecule has 0 aromatic heterocycles. The number of hydrogen-bond acceptors (Lipinski definition) is 9. The number of hydrogen-bond donors (Lipinski definition) is 3. The van der Waals surface area contributed by atoms with Crippen molar-refractivity contribution in [3.8, 4) is 0 Å². The summed E-state index contributed by atoms with van der Waals surface area (Å²) in [6, 6.07) is 4.14. The third-order valence-corrected chi connectivity index (χ3v) is 4.87. The predicted octanol–water partition coefficient (Wildman–Crippen LogP) is 1.32. The van der Waals surface area contributed by atoms with E-state index in [1.54, 1.807) is 0 Å². The number of alkyl halides is 3. The summed E-state index contributed by atoms with van der Waals surface area (Å²) in [4.78, 5) is 68.9. The maximum absolute atomic E-state index is 13.4. The Hall–Kier alpha value is -4.82. The zero-order valence-electron chi connectivity index (χ0n) is 19.1. The van der Waals surface area contributed by atoms with E-state index >= 15 is 0 Å². The Labute approximate surface area is 206 Å². The molecule has 2 aliphatic heterocycles. The lowest BCUT2D eigenvalue weighted by Crippen LogP contribution is -2.43. The van der Waals surface area contributed by atoms with E-state index in [0.29, 0.717) is 9.96 Å². The Bertz CT molecular complexity index is 1250. The van der Waals surface area contributed by atoms with Crippen LogP contribution in [0.25, 0.3) is 0 Å². The summed E-state index contributed by atoms with van der Waals surface area (Å²) in [5, 5.41) is 12.4. The number of aliphatic imine (C=N–C) groups is 1. The van der Waals surface area contributed by atoms with Gasteiger partial charge in [-0.3, -0.25) is 29.5 Å². The second-order valence-electron chi connectivity index (χ2n) is 7.69. The molecule has 4 amide bonds. The van der Waals surface area contributed by atoms with Gasteiger partial charge in [-0.1, -0.05) is 6.58 Å². The Balaban J connectivity index is 1.85. The van der Waals surface area contributed by atoms with Gasteiger partial charge in [0.25, 0.3) is 17.7 Å². The van der Waals surface area contributed by atoms with Crippen molar-refractivity contribution < 1.29 is 42.0 Å². The van der Waals surface area contributed by atoms with Gasteiger partial charge < -0.3 is 15.5 Å². The molecule has 3 rings (SSSR count). The Morgan fingerprint density at radius 1 is 1.19 bits per heavy atom. The summed E-state index contributed by atoms with van der Waals surface area (Å²) < 4.78 is 40.1. The lowest BCUT2D eigenvalue weighted by Gasteiger charge is -2.26. The molecule has 0 radical (unpaired) electrons. The number of amides is 4. The van der Waals surface area contributed by atoms with E-state index in [9.17, 15) is 37.1 Å². The fraction of sp³-hybridized carbons (Fsp3) is 0.227. The minimum absolute atomic E-state index is 0.0222. The topological polar surface area (TPSA) is 161 Å². The molecule has 12 nitrogen and oxygen atoms in total. The maximum Gasteiger partial charge on any atom is 0.471 e. The number of nitrogens with zero attached hydrogens (tertiary/aromatic N) is 3. The van der Waals surface area contributed by atoms with Gasteiger partial charge in [0.05, 0.1) is 29.3 Å². The van der Waals surface area contributed by atoms with Gasteiger partial charge in [0.2, 0.25) is 0 Å². The lowest BCUT2D eigenvalue weighted by molar-refractivity contribution is -0.172. The van der Waals surface area contributed by atoms with Crippen molar-refractivity contribution in [1.82, 2.24) is 15.7 Å². The SMILES string of the molecule is C=C1NC=C(CN(C(=O)C(F)(F)F)c2ccc(C(=O)ON3C(=O)CCC3=O)cc2)N=C1C(=O)NC(C)=N. The number of rotatable bonds is 6. The molecule has 37 heavy (non-hydrogen) atoms. The highest BCUT2D eigenvalue weighted by Crippen LogP contribution is 2.26. The molecule has 0 bridgehead atoms. The van der Waals surface area contributed by atoms with Crippen molar-refractivity contribution >= 4 is 46.8 Å². The van der Waals surface area contributed by atoms with Gasteiger partial charge in [-0.25, -0.2) is 9.79 Å². The summed E-state index contributed by atoms with van der Waals surface area (Å²) in [6.45, 7) is 4.13. The van der Waals surface area contributed by atoms with Crippen molar-refractivity contribution in [2.45, 2.75) is 25.9 Å². The number of carbonyl (C=O) groups excluding carboxylic acids is 5. The summed E-state index contributed by atoms with van der Waals surface area (Å²) >= 11 is 0. The van der Waals surface area contributed by atoms with Crippen LogP contribution in [0.2, 0.25) is 0 Å². The van der Waals surface area contributed by atoms with Gasteiger partial charge in [0.1, 0.15) is 0 Å². The average Bonchev–Trinajstić information content (AvgIpc) is 3.14. The van der Waals surface area contributed by atoms with Crippen LogP contribution in [0.1, 0.15) is 30.1 Å². The number of amidine groups is 1. The molecule has 1 aromatic carbocycles. The van der Waals surface area contributed by atoms with Crippen LogP contribution < -0.4 is 15.5 Å². The highest BCUT2D eigenvalue weighted by Gasteiger charge is 2.43. The maximum atomic E-state index is 13.4. The largest absolute Gasteiger partial charge is 0.471 e. The molecule has 2 aliphatic rings. The number of imide groups is 1. The predicted molar refractivity (Wildman–Crippen MR) is 121 cm³/mol. The molecule has 0 atom stereocenters. The molecular formula is C22H19F3N6O6. The Kier molecular flexibility index (Phi) is 7.55. The first kappa shape index (κ1) is 26.8. The number of hydroxylamine groups is 2. The highest BCUT2D eigenvalue weighted by molar-refractivity contribution is 6.47. The van der Waals surface area contributed by atoms with Crippen LogP contribution in [0.15, 0.2) is 53.4 Å². The van der Waals surface area contributed by atoms with E-state index in [1.165, 1.54) is 6.92 Å². The summed E-state index contributed by atoms with van der Waals surface area (Å²) in [5.74, 6) is -5.82. The van der Waals surface area contributed by atoms with Gasteiger partial charge >= 0.3 is 18.1 Å². The Morgan fingerprint density at radius 2 is 1.78 bits per heavy atom. The zero-order valence-corrected chi connectivity index (χ0v) is 19.1. The molecule has 3 N–H and O–H groups in total. The summed E-state index contributed by atoms with van der Waals surface area (Å²) in [6.07, 6.45) is -4.36. The van der Waals surface area contributed by atoms with Gasteiger partial charge in [0.15, 0.2) is 5.71 Å². The van der Waals surface area contributed by atoms with Crippen LogP contribution in [0.3, 0.4) is 0 Å². The number of nitrogens with one attached hydrogen (secondary N) is 3. The smallest absolute Gasteiger partial charge is 0.359 e. The van der Waals surface area contributed by atoms with E-state index in [2.05, 4.69) is 22.2 Å². The first-order valence-corrected chi connectivity index (χ1v) is 10.4. The molecule has 1 saturated heterocycles. The summed E-state index contributed by atoms with van der Waals surface area (Å²) in [5.41, 5.74) is -0.910. The molecule has 194 valence electrons. The Morgan fingerprint density at radius 3 is 2.32 bits per heavy atom. The van der Waals surface area contributed by atoms with E-state index in [1.807, 2.05) is 0 Å². The highest BCUT2D eigenvalue weighted by atomic mass is 19.4. The summed E-state index contributed by atoms with van der Waals surface area (Å²) in [7, 11) is 0. The van der Waals surface area contributed by atoms with Crippen molar-refractivity contribution in [2.75, 3.05) is 11.4 Å². The van der Waals surface area contributed by atoms with Crippen molar-refractivity contribution in [3.05, 3.63) is 54.0 Å². The molecule has 0 spiro atoms. The van der Waals surface area contributed by atoms with Crippen molar-refractivity contribution in [1.29, 1.82) is 5.41 Å². The second-order valence-corrected chi connectivity index (χ2v) is 7.69. The number of halogens is 3. The normalized spacial score (nSPS) is 15.5. The third-order valence-electron chi connectivity index (χ3n) is 4.87. The number of benzene rings is 1.